The molecule has 6 aliphatic rings. The van der Waals surface area contributed by atoms with Crippen molar-refractivity contribution in [1.82, 2.24) is 0 Å². The smallest absolute Gasteiger partial charge is 0.302 e. The van der Waals surface area contributed by atoms with Crippen LogP contribution in [-0.2, 0) is 23.7 Å². The summed E-state index contributed by atoms with van der Waals surface area (Å²) in [7, 11) is 0. The average Bonchev–Trinajstić information content (AvgIpc) is 3.18. The molecular weight excluding hydrogens is 380 g/mol. The summed E-state index contributed by atoms with van der Waals surface area (Å²) < 4.78 is 24.4. The van der Waals surface area contributed by atoms with E-state index in [9.17, 15) is 4.79 Å². The lowest BCUT2D eigenvalue weighted by Gasteiger charge is -2.59. The quantitative estimate of drug-likeness (QED) is 0.380. The lowest BCUT2D eigenvalue weighted by atomic mass is 9.46. The second-order valence-corrected chi connectivity index (χ2v) is 11.4. The Balaban J connectivity index is 1.29. The standard InChI is InChI=1S/C25H36O5/c1-15(26)29-17-7-9-22(2)16(13-17)5-6-18-19(22)8-10-23(3)20(18)14-21-25(23,30-21)24(4)27-11-12-28-24/h5,17-21H,6-14H2,1-4H3/t17-,18-,19+,20-,21-,22-,23+,25-/m1/s1. The number of carbonyl (C=O) groups excluding carboxylic acids is 1. The first kappa shape index (κ1) is 19.8. The molecule has 2 heterocycles. The van der Waals surface area contributed by atoms with Crippen LogP contribution in [0.4, 0.5) is 0 Å². The average molecular weight is 417 g/mol. The number of carbonyl (C=O) groups is 1. The summed E-state index contributed by atoms with van der Waals surface area (Å²) >= 11 is 0. The van der Waals surface area contributed by atoms with Gasteiger partial charge < -0.3 is 18.9 Å². The van der Waals surface area contributed by atoms with E-state index in [-0.39, 0.29) is 34.6 Å². The SMILES string of the molecule is CC(=O)O[C@@H]1CC[C@]2(C)C(=CC[C@H]3[C@H]4C[C@H]5O[C@@]5(C5(C)OCCO5)[C@@]4(C)CC[C@@H]32)C1. The normalized spacial score (nSPS) is 53.1. The number of rotatable bonds is 2. The van der Waals surface area contributed by atoms with E-state index in [4.69, 9.17) is 18.9 Å². The number of hydrogen-bond acceptors (Lipinski definition) is 5. The van der Waals surface area contributed by atoms with Gasteiger partial charge in [0.05, 0.1) is 19.3 Å². The van der Waals surface area contributed by atoms with Gasteiger partial charge in [0.15, 0.2) is 11.4 Å². The summed E-state index contributed by atoms with van der Waals surface area (Å²) in [6.07, 6.45) is 10.7. The molecule has 2 saturated heterocycles. The highest BCUT2D eigenvalue weighted by Gasteiger charge is 2.84. The van der Waals surface area contributed by atoms with Crippen molar-refractivity contribution in [3.05, 3.63) is 11.6 Å². The zero-order valence-corrected chi connectivity index (χ0v) is 18.9. The third-order valence-corrected chi connectivity index (χ3v) is 10.3. The number of esters is 1. The summed E-state index contributed by atoms with van der Waals surface area (Å²) in [6.45, 7) is 9.97. The van der Waals surface area contributed by atoms with E-state index in [1.54, 1.807) is 5.57 Å². The zero-order chi connectivity index (χ0) is 20.9. The van der Waals surface area contributed by atoms with Crippen LogP contribution in [0.2, 0.25) is 0 Å². The van der Waals surface area contributed by atoms with Crippen molar-refractivity contribution in [1.29, 1.82) is 0 Å². The summed E-state index contributed by atoms with van der Waals surface area (Å²) in [4.78, 5) is 11.5. The van der Waals surface area contributed by atoms with E-state index in [2.05, 4.69) is 26.8 Å². The molecular formula is C25H36O5. The maximum atomic E-state index is 11.5. The van der Waals surface area contributed by atoms with E-state index < -0.39 is 5.79 Å². The molecule has 4 aliphatic carbocycles. The van der Waals surface area contributed by atoms with Crippen molar-refractivity contribution in [3.63, 3.8) is 0 Å². The molecule has 0 aromatic heterocycles. The Kier molecular flexibility index (Phi) is 4.02. The van der Waals surface area contributed by atoms with Crippen molar-refractivity contribution in [2.75, 3.05) is 13.2 Å². The van der Waals surface area contributed by atoms with Gasteiger partial charge in [-0.15, -0.1) is 0 Å². The van der Waals surface area contributed by atoms with Gasteiger partial charge in [0.2, 0.25) is 0 Å². The highest BCUT2D eigenvalue weighted by Crippen LogP contribution is 2.76. The Morgan fingerprint density at radius 3 is 2.60 bits per heavy atom. The molecule has 5 nitrogen and oxygen atoms in total. The van der Waals surface area contributed by atoms with Crippen molar-refractivity contribution in [2.45, 2.75) is 96.2 Å². The third kappa shape index (κ3) is 2.27. The second-order valence-electron chi connectivity index (χ2n) is 11.4. The highest BCUT2D eigenvalue weighted by atomic mass is 16.8. The maximum Gasteiger partial charge on any atom is 0.302 e. The molecule has 0 aromatic rings. The minimum atomic E-state index is -0.588. The van der Waals surface area contributed by atoms with E-state index in [0.717, 1.165) is 38.0 Å². The van der Waals surface area contributed by atoms with Crippen molar-refractivity contribution in [2.24, 2.45) is 28.6 Å². The van der Waals surface area contributed by atoms with Gasteiger partial charge in [-0.3, -0.25) is 4.79 Å². The van der Waals surface area contributed by atoms with Gasteiger partial charge in [0.25, 0.3) is 0 Å². The molecule has 0 bridgehead atoms. The predicted octanol–water partition coefficient (Wildman–Crippen LogP) is 4.39. The molecule has 2 aliphatic heterocycles. The first-order valence-electron chi connectivity index (χ1n) is 12.1. The van der Waals surface area contributed by atoms with E-state index >= 15 is 0 Å². The molecule has 5 fully saturated rings. The van der Waals surface area contributed by atoms with Crippen LogP contribution in [0.1, 0.15) is 72.6 Å². The molecule has 3 saturated carbocycles. The van der Waals surface area contributed by atoms with Gasteiger partial charge >= 0.3 is 5.97 Å². The Bertz CT molecular complexity index is 799. The molecule has 5 heteroatoms. The maximum absolute atomic E-state index is 11.5. The first-order valence-corrected chi connectivity index (χ1v) is 12.1. The van der Waals surface area contributed by atoms with Gasteiger partial charge in [-0.2, -0.15) is 0 Å². The van der Waals surface area contributed by atoms with Crippen LogP contribution < -0.4 is 0 Å². The van der Waals surface area contributed by atoms with Crippen LogP contribution >= 0.6 is 0 Å². The van der Waals surface area contributed by atoms with Crippen LogP contribution in [-0.4, -0.2) is 42.8 Å². The number of hydrogen-bond donors (Lipinski definition) is 0. The molecule has 0 radical (unpaired) electrons. The molecule has 0 spiro atoms. The number of ether oxygens (including phenoxy) is 4. The van der Waals surface area contributed by atoms with Crippen molar-refractivity contribution in [3.8, 4) is 0 Å². The first-order chi connectivity index (χ1) is 14.2. The second kappa shape index (κ2) is 6.11. The van der Waals surface area contributed by atoms with E-state index in [0.29, 0.717) is 25.0 Å². The number of epoxide rings is 1. The summed E-state index contributed by atoms with van der Waals surface area (Å²) in [5, 5.41) is 0. The lowest BCUT2D eigenvalue weighted by Crippen LogP contribution is -2.59. The molecule has 6 rings (SSSR count). The Hall–Kier alpha value is -0.910. The topological polar surface area (TPSA) is 57.3 Å². The Labute approximate surface area is 179 Å². The van der Waals surface area contributed by atoms with Gasteiger partial charge in [-0.05, 0) is 68.6 Å². The van der Waals surface area contributed by atoms with Gasteiger partial charge in [-0.25, -0.2) is 0 Å². The largest absolute Gasteiger partial charge is 0.462 e. The van der Waals surface area contributed by atoms with Crippen molar-refractivity contribution >= 4 is 5.97 Å². The van der Waals surface area contributed by atoms with Crippen LogP contribution in [0.25, 0.3) is 0 Å². The molecule has 0 N–H and O–H groups in total. The number of fused-ring (bicyclic) bond motifs is 7. The lowest BCUT2D eigenvalue weighted by molar-refractivity contribution is -0.234. The number of allylic oxidation sites excluding steroid dienone is 1. The monoisotopic (exact) mass is 416 g/mol. The minimum Gasteiger partial charge on any atom is -0.462 e. The minimum absolute atomic E-state index is 0.0691. The molecule has 166 valence electrons. The summed E-state index contributed by atoms with van der Waals surface area (Å²) in [5.74, 6) is 1.37. The zero-order valence-electron chi connectivity index (χ0n) is 18.9. The Morgan fingerprint density at radius 1 is 1.10 bits per heavy atom. The fourth-order valence-corrected chi connectivity index (χ4v) is 8.96. The molecule has 8 atom stereocenters. The van der Waals surface area contributed by atoms with Gasteiger partial charge in [0.1, 0.15) is 6.10 Å². The van der Waals surface area contributed by atoms with Gasteiger partial charge in [0, 0.05) is 18.8 Å². The highest BCUT2D eigenvalue weighted by molar-refractivity contribution is 5.66. The molecule has 30 heavy (non-hydrogen) atoms. The summed E-state index contributed by atoms with van der Waals surface area (Å²) in [6, 6.07) is 0. The van der Waals surface area contributed by atoms with Crippen LogP contribution in [0.5, 0.6) is 0 Å². The molecule has 0 amide bonds. The molecule has 0 aromatic carbocycles. The predicted molar refractivity (Wildman–Crippen MR) is 111 cm³/mol. The molecule has 0 unspecified atom stereocenters. The van der Waals surface area contributed by atoms with E-state index in [1.807, 2.05) is 0 Å². The van der Waals surface area contributed by atoms with E-state index in [1.165, 1.54) is 19.8 Å². The fraction of sp³-hybridized carbons (Fsp3) is 0.880. The van der Waals surface area contributed by atoms with Crippen LogP contribution in [0, 0.1) is 28.6 Å². The summed E-state index contributed by atoms with van der Waals surface area (Å²) in [5.41, 5.74) is 1.67. The van der Waals surface area contributed by atoms with Gasteiger partial charge in [-0.1, -0.05) is 25.5 Å². The van der Waals surface area contributed by atoms with Crippen LogP contribution in [0.3, 0.4) is 0 Å². The van der Waals surface area contributed by atoms with Crippen LogP contribution in [0.15, 0.2) is 11.6 Å². The fourth-order valence-electron chi connectivity index (χ4n) is 8.96. The van der Waals surface area contributed by atoms with Crippen molar-refractivity contribution < 1.29 is 23.7 Å². The Morgan fingerprint density at radius 2 is 1.87 bits per heavy atom. The third-order valence-electron chi connectivity index (χ3n) is 10.3.